The predicted molar refractivity (Wildman–Crippen MR) is 76.5 cm³/mol. The van der Waals surface area contributed by atoms with Crippen LogP contribution in [0.15, 0.2) is 6.33 Å². The summed E-state index contributed by atoms with van der Waals surface area (Å²) in [5, 5.41) is 17.9. The number of urea groups is 1. The molecule has 0 spiro atoms. The van der Waals surface area contributed by atoms with E-state index in [1.54, 1.807) is 7.05 Å². The Bertz CT molecular complexity index is 458. The molecular weight excluding hydrogens is 274 g/mol. The third-order valence-electron chi connectivity index (χ3n) is 3.29. The molecule has 1 rings (SSSR count). The Balaban J connectivity index is 2.27. The fourth-order valence-corrected chi connectivity index (χ4v) is 1.82. The van der Waals surface area contributed by atoms with Crippen LogP contribution in [0.5, 0.6) is 0 Å². The fourth-order valence-electron chi connectivity index (χ4n) is 1.82. The number of hydrogen-bond donors (Lipinski definition) is 3. The van der Waals surface area contributed by atoms with Gasteiger partial charge < -0.3 is 15.3 Å². The van der Waals surface area contributed by atoms with Crippen LogP contribution in [0.25, 0.3) is 0 Å². The molecule has 0 bridgehead atoms. The monoisotopic (exact) mass is 297 g/mol. The topological polar surface area (TPSA) is 111 Å². The second-order valence-electron chi connectivity index (χ2n) is 5.83. The predicted octanol–water partition coefficient (Wildman–Crippen LogP) is 1.23. The van der Waals surface area contributed by atoms with Crippen LogP contribution in [0.1, 0.15) is 38.9 Å². The SMILES string of the molecule is CN(Cc1ncn[nH]1)C(=O)NCCC(C)(C)CCC(=O)O. The van der Waals surface area contributed by atoms with Crippen LogP contribution in [0.3, 0.4) is 0 Å². The summed E-state index contributed by atoms with van der Waals surface area (Å²) in [4.78, 5) is 27.9. The maximum absolute atomic E-state index is 11.9. The number of aliphatic carboxylic acids is 1. The number of carbonyl (C=O) groups excluding carboxylic acids is 1. The van der Waals surface area contributed by atoms with Crippen molar-refractivity contribution in [1.82, 2.24) is 25.4 Å². The molecule has 0 aliphatic rings. The molecular formula is C13H23N5O3. The highest BCUT2D eigenvalue weighted by Gasteiger charge is 2.19. The highest BCUT2D eigenvalue weighted by molar-refractivity contribution is 5.73. The Labute approximate surface area is 123 Å². The summed E-state index contributed by atoms with van der Waals surface area (Å²) in [7, 11) is 1.67. The molecule has 1 aromatic heterocycles. The van der Waals surface area contributed by atoms with Gasteiger partial charge in [0, 0.05) is 20.0 Å². The van der Waals surface area contributed by atoms with Gasteiger partial charge in [0.05, 0.1) is 6.54 Å². The molecule has 118 valence electrons. The van der Waals surface area contributed by atoms with Gasteiger partial charge in [-0.05, 0) is 18.3 Å². The summed E-state index contributed by atoms with van der Waals surface area (Å²) >= 11 is 0. The van der Waals surface area contributed by atoms with Gasteiger partial charge in [-0.1, -0.05) is 13.8 Å². The molecule has 0 aromatic carbocycles. The molecule has 0 unspecified atom stereocenters. The van der Waals surface area contributed by atoms with Crippen LogP contribution >= 0.6 is 0 Å². The molecule has 0 aliphatic carbocycles. The van der Waals surface area contributed by atoms with E-state index in [-0.39, 0.29) is 17.9 Å². The molecule has 8 nitrogen and oxygen atoms in total. The van der Waals surface area contributed by atoms with Crippen molar-refractivity contribution in [1.29, 1.82) is 0 Å². The molecule has 0 radical (unpaired) electrons. The van der Waals surface area contributed by atoms with Gasteiger partial charge in [-0.15, -0.1) is 0 Å². The third-order valence-corrected chi connectivity index (χ3v) is 3.29. The van der Waals surface area contributed by atoms with Gasteiger partial charge in [-0.3, -0.25) is 9.89 Å². The minimum Gasteiger partial charge on any atom is -0.481 e. The quantitative estimate of drug-likeness (QED) is 0.668. The lowest BCUT2D eigenvalue weighted by Crippen LogP contribution is -2.38. The lowest BCUT2D eigenvalue weighted by Gasteiger charge is -2.24. The maximum atomic E-state index is 11.9. The van der Waals surface area contributed by atoms with Crippen molar-refractivity contribution in [2.75, 3.05) is 13.6 Å². The Morgan fingerprint density at radius 1 is 1.43 bits per heavy atom. The van der Waals surface area contributed by atoms with Crippen molar-refractivity contribution in [3.05, 3.63) is 12.2 Å². The van der Waals surface area contributed by atoms with E-state index < -0.39 is 5.97 Å². The normalized spacial score (nSPS) is 11.2. The van der Waals surface area contributed by atoms with Crippen LogP contribution in [-0.2, 0) is 11.3 Å². The average Bonchev–Trinajstić information content (AvgIpc) is 2.89. The van der Waals surface area contributed by atoms with E-state index in [4.69, 9.17) is 5.11 Å². The number of carboxylic acids is 1. The second-order valence-corrected chi connectivity index (χ2v) is 5.83. The van der Waals surface area contributed by atoms with Gasteiger partial charge in [0.2, 0.25) is 0 Å². The van der Waals surface area contributed by atoms with E-state index in [1.807, 2.05) is 13.8 Å². The van der Waals surface area contributed by atoms with Gasteiger partial charge >= 0.3 is 12.0 Å². The zero-order valence-electron chi connectivity index (χ0n) is 12.7. The maximum Gasteiger partial charge on any atom is 0.317 e. The lowest BCUT2D eigenvalue weighted by molar-refractivity contribution is -0.137. The Kier molecular flexibility index (Phi) is 6.13. The van der Waals surface area contributed by atoms with Crippen LogP contribution in [0.2, 0.25) is 0 Å². The van der Waals surface area contributed by atoms with E-state index in [9.17, 15) is 9.59 Å². The van der Waals surface area contributed by atoms with Gasteiger partial charge in [0.15, 0.2) is 0 Å². The number of amides is 2. The van der Waals surface area contributed by atoms with Crippen LogP contribution in [-0.4, -0.2) is 50.8 Å². The molecule has 0 saturated heterocycles. The first-order chi connectivity index (χ1) is 9.80. The summed E-state index contributed by atoms with van der Waals surface area (Å²) in [6, 6.07) is -0.194. The van der Waals surface area contributed by atoms with Crippen molar-refractivity contribution in [3.63, 3.8) is 0 Å². The standard InChI is InChI=1S/C13H23N5O3/c1-13(2,5-4-11(19)20)6-7-14-12(21)18(3)8-10-15-9-16-17-10/h9H,4-8H2,1-3H3,(H,14,21)(H,19,20)(H,15,16,17). The van der Waals surface area contributed by atoms with Crippen LogP contribution < -0.4 is 5.32 Å². The fraction of sp³-hybridized carbons (Fsp3) is 0.692. The Morgan fingerprint density at radius 3 is 2.71 bits per heavy atom. The molecule has 0 atom stereocenters. The highest BCUT2D eigenvalue weighted by Crippen LogP contribution is 2.25. The third kappa shape index (κ3) is 6.73. The van der Waals surface area contributed by atoms with Gasteiger partial charge in [-0.2, -0.15) is 5.10 Å². The molecule has 2 amide bonds. The van der Waals surface area contributed by atoms with E-state index >= 15 is 0 Å². The second kappa shape index (κ2) is 7.61. The molecule has 0 saturated carbocycles. The number of H-pyrrole nitrogens is 1. The molecule has 0 fully saturated rings. The highest BCUT2D eigenvalue weighted by atomic mass is 16.4. The number of carbonyl (C=O) groups is 2. The minimum atomic E-state index is -0.793. The summed E-state index contributed by atoms with van der Waals surface area (Å²) in [6.45, 7) is 4.86. The summed E-state index contributed by atoms with van der Waals surface area (Å²) < 4.78 is 0. The smallest absolute Gasteiger partial charge is 0.317 e. The lowest BCUT2D eigenvalue weighted by atomic mass is 9.84. The molecule has 1 heterocycles. The van der Waals surface area contributed by atoms with E-state index in [0.717, 1.165) is 6.42 Å². The molecule has 3 N–H and O–H groups in total. The van der Waals surface area contributed by atoms with Gasteiger partial charge in [0.1, 0.15) is 12.2 Å². The van der Waals surface area contributed by atoms with Gasteiger partial charge in [0.25, 0.3) is 0 Å². The van der Waals surface area contributed by atoms with Crippen molar-refractivity contribution in [2.24, 2.45) is 5.41 Å². The van der Waals surface area contributed by atoms with Gasteiger partial charge in [-0.25, -0.2) is 9.78 Å². The zero-order valence-corrected chi connectivity index (χ0v) is 12.7. The number of hydrogen-bond acceptors (Lipinski definition) is 4. The van der Waals surface area contributed by atoms with Crippen molar-refractivity contribution < 1.29 is 14.7 Å². The zero-order chi connectivity index (χ0) is 15.9. The Hall–Kier alpha value is -2.12. The summed E-state index contributed by atoms with van der Waals surface area (Å²) in [5.74, 6) is -0.173. The van der Waals surface area contributed by atoms with E-state index in [1.165, 1.54) is 11.2 Å². The van der Waals surface area contributed by atoms with E-state index in [0.29, 0.717) is 25.3 Å². The molecule has 8 heteroatoms. The Morgan fingerprint density at radius 2 is 2.14 bits per heavy atom. The van der Waals surface area contributed by atoms with Crippen LogP contribution in [0.4, 0.5) is 4.79 Å². The first-order valence-electron chi connectivity index (χ1n) is 6.85. The first-order valence-corrected chi connectivity index (χ1v) is 6.85. The van der Waals surface area contributed by atoms with Crippen molar-refractivity contribution in [3.8, 4) is 0 Å². The number of aromatic amines is 1. The number of aromatic nitrogens is 3. The van der Waals surface area contributed by atoms with E-state index in [2.05, 4.69) is 20.5 Å². The number of carboxylic acid groups (broad SMARTS) is 1. The van der Waals surface area contributed by atoms with Crippen molar-refractivity contribution >= 4 is 12.0 Å². The first kappa shape index (κ1) is 16.9. The number of nitrogens with one attached hydrogen (secondary N) is 2. The number of rotatable bonds is 8. The summed E-state index contributed by atoms with van der Waals surface area (Å²) in [6.07, 6.45) is 2.85. The average molecular weight is 297 g/mol. The molecule has 0 aliphatic heterocycles. The largest absolute Gasteiger partial charge is 0.481 e. The number of nitrogens with zero attached hydrogens (tertiary/aromatic N) is 3. The molecule has 1 aromatic rings. The molecule has 21 heavy (non-hydrogen) atoms. The van der Waals surface area contributed by atoms with Crippen molar-refractivity contribution in [2.45, 2.75) is 39.7 Å². The van der Waals surface area contributed by atoms with Crippen LogP contribution in [0, 0.1) is 5.41 Å². The minimum absolute atomic E-state index is 0.116. The summed E-state index contributed by atoms with van der Waals surface area (Å²) in [5.41, 5.74) is -0.116.